The van der Waals surface area contributed by atoms with E-state index in [4.69, 9.17) is 46.4 Å². The third-order valence-electron chi connectivity index (χ3n) is 4.91. The van der Waals surface area contributed by atoms with Crippen LogP contribution in [0.4, 0.5) is 30.7 Å². The number of rotatable bonds is 9. The van der Waals surface area contributed by atoms with Crippen LogP contribution in [0, 0.1) is 5.92 Å². The number of benzene rings is 2. The number of hydrogen-bond donors (Lipinski definition) is 0. The van der Waals surface area contributed by atoms with Gasteiger partial charge in [-0.05, 0) is 41.8 Å². The van der Waals surface area contributed by atoms with Crippen molar-refractivity contribution in [3.63, 3.8) is 0 Å². The number of carbonyl (C=O) groups excluding carboxylic acids is 1. The summed E-state index contributed by atoms with van der Waals surface area (Å²) in [5.41, 5.74) is -0.937. The van der Waals surface area contributed by atoms with Crippen molar-refractivity contribution in [1.82, 2.24) is 0 Å². The average molecular weight is 632 g/mol. The normalized spacial score (nSPS) is 15.4. The highest BCUT2D eigenvalue weighted by atomic mass is 35.5. The molecule has 0 heterocycles. The van der Waals surface area contributed by atoms with E-state index in [-0.39, 0.29) is 43.4 Å². The van der Waals surface area contributed by atoms with Crippen molar-refractivity contribution < 1.29 is 39.7 Å². The Bertz CT molecular complexity index is 1190. The molecule has 0 fully saturated rings. The van der Waals surface area contributed by atoms with Crippen LogP contribution in [0.25, 0.3) is 5.83 Å². The Morgan fingerprint density at radius 3 is 2.03 bits per heavy atom. The van der Waals surface area contributed by atoms with Gasteiger partial charge >= 0.3 is 12.4 Å². The summed E-state index contributed by atoms with van der Waals surface area (Å²) in [6.07, 6.45) is -9.54. The Kier molecular flexibility index (Phi) is 10.9. The van der Waals surface area contributed by atoms with Crippen LogP contribution >= 0.6 is 46.4 Å². The van der Waals surface area contributed by atoms with Gasteiger partial charge in [-0.15, -0.1) is 0 Å². The average Bonchev–Trinajstić information content (AvgIpc) is 2.72. The summed E-state index contributed by atoms with van der Waals surface area (Å²) in [4.78, 5) is 12.5. The molecule has 0 radical (unpaired) electrons. The van der Waals surface area contributed by atoms with Crippen LogP contribution in [0.5, 0.6) is 0 Å². The molecule has 2 rings (SSSR count). The van der Waals surface area contributed by atoms with Crippen molar-refractivity contribution in [2.75, 3.05) is 11.5 Å². The van der Waals surface area contributed by atoms with E-state index in [9.17, 15) is 39.7 Å². The minimum atomic E-state index is -4.93. The summed E-state index contributed by atoms with van der Waals surface area (Å²) in [6.45, 7) is 1.43. The fourth-order valence-corrected chi connectivity index (χ4v) is 5.45. The molecule has 2 aromatic carbocycles. The van der Waals surface area contributed by atoms with Gasteiger partial charge in [0.2, 0.25) is 0 Å². The van der Waals surface area contributed by atoms with Crippen LogP contribution in [0.2, 0.25) is 20.1 Å². The third-order valence-corrected chi connectivity index (χ3v) is 8.00. The summed E-state index contributed by atoms with van der Waals surface area (Å²) in [7, 11) is -2.22. The first-order valence-corrected chi connectivity index (χ1v) is 13.2. The monoisotopic (exact) mass is 630 g/mol. The molecular formula is C23H17Cl4F7O2S. The third kappa shape index (κ3) is 9.42. The van der Waals surface area contributed by atoms with E-state index < -0.39 is 57.9 Å². The maximum absolute atomic E-state index is 14.9. The molecule has 0 aliphatic heterocycles. The molecule has 0 aliphatic rings. The molecule has 2 aromatic rings. The van der Waals surface area contributed by atoms with Crippen LogP contribution in [-0.4, -0.2) is 33.9 Å². The Hall–Kier alpha value is -1.33. The number of Topliss-reactive ketones (excluding diaryl/α,β-unsaturated/α-hetero) is 1. The maximum atomic E-state index is 14.9. The number of alkyl halides is 6. The number of hydrogen-bond acceptors (Lipinski definition) is 2. The molecule has 37 heavy (non-hydrogen) atoms. The largest absolute Gasteiger partial charge is 0.400 e. The van der Waals surface area contributed by atoms with E-state index in [2.05, 4.69) is 0 Å². The Morgan fingerprint density at radius 1 is 0.973 bits per heavy atom. The van der Waals surface area contributed by atoms with E-state index in [1.54, 1.807) is 0 Å². The Morgan fingerprint density at radius 2 is 1.54 bits per heavy atom. The van der Waals surface area contributed by atoms with Gasteiger partial charge < -0.3 is 0 Å². The first-order valence-electron chi connectivity index (χ1n) is 10.2. The van der Waals surface area contributed by atoms with Gasteiger partial charge in [0, 0.05) is 34.1 Å². The summed E-state index contributed by atoms with van der Waals surface area (Å²) < 4.78 is 105. The molecule has 0 bridgehead atoms. The van der Waals surface area contributed by atoms with Crippen molar-refractivity contribution in [2.45, 2.75) is 31.6 Å². The van der Waals surface area contributed by atoms with Crippen LogP contribution in [0.3, 0.4) is 0 Å². The van der Waals surface area contributed by atoms with E-state index in [0.717, 1.165) is 30.3 Å². The molecular weight excluding hydrogens is 615 g/mol. The molecule has 14 heteroatoms. The first-order chi connectivity index (χ1) is 16.9. The number of allylic oxidation sites excluding steroid dienone is 1. The second kappa shape index (κ2) is 12.7. The quantitative estimate of drug-likeness (QED) is 0.157. The fourth-order valence-electron chi connectivity index (χ4n) is 3.31. The summed E-state index contributed by atoms with van der Waals surface area (Å²) in [5.74, 6) is -6.93. The Labute approximate surface area is 230 Å². The number of halogens is 11. The van der Waals surface area contributed by atoms with E-state index >= 15 is 0 Å². The van der Waals surface area contributed by atoms with Gasteiger partial charge in [-0.1, -0.05) is 59.4 Å². The van der Waals surface area contributed by atoms with Gasteiger partial charge in [-0.2, -0.15) is 26.3 Å². The summed E-state index contributed by atoms with van der Waals surface area (Å²) >= 11 is 23.4. The van der Waals surface area contributed by atoms with Crippen molar-refractivity contribution >= 4 is 68.8 Å². The first kappa shape index (κ1) is 31.9. The standard InChI is InChI=1S/C23H17Cl4F7O2S/c1-11(9-37(36)10-22(29,30)31)4-20(35)14-3-2-12(5-16(14)24)19(28)8-15(23(32,33)34)13-6-17(25)21(27)18(26)7-13/h2-3,5-8,11,15H,4,9-10H2,1H3/b19-8-/t11-,15?,37?/m0/s1. The zero-order valence-electron chi connectivity index (χ0n) is 18.6. The van der Waals surface area contributed by atoms with Crippen LogP contribution in [-0.2, 0) is 10.8 Å². The lowest BCUT2D eigenvalue weighted by Gasteiger charge is -2.19. The minimum Gasteiger partial charge on any atom is -0.294 e. The van der Waals surface area contributed by atoms with Gasteiger partial charge in [0.05, 0.1) is 20.1 Å². The van der Waals surface area contributed by atoms with Crippen LogP contribution in [0.15, 0.2) is 36.4 Å². The summed E-state index contributed by atoms with van der Waals surface area (Å²) in [6, 6.07) is 4.89. The molecule has 3 atom stereocenters. The van der Waals surface area contributed by atoms with E-state index in [1.165, 1.54) is 6.92 Å². The van der Waals surface area contributed by atoms with Crippen molar-refractivity contribution in [1.29, 1.82) is 0 Å². The topological polar surface area (TPSA) is 34.1 Å². The number of carbonyl (C=O) groups is 1. The van der Waals surface area contributed by atoms with Gasteiger partial charge in [0.15, 0.2) is 5.78 Å². The van der Waals surface area contributed by atoms with E-state index in [0.29, 0.717) is 6.08 Å². The highest BCUT2D eigenvalue weighted by molar-refractivity contribution is 7.85. The van der Waals surface area contributed by atoms with Gasteiger partial charge in [0.1, 0.15) is 17.5 Å². The molecule has 0 spiro atoms. The molecule has 0 aliphatic carbocycles. The lowest BCUT2D eigenvalue weighted by molar-refractivity contribution is -0.139. The molecule has 2 nitrogen and oxygen atoms in total. The molecule has 2 unspecified atom stereocenters. The zero-order chi connectivity index (χ0) is 28.3. The predicted octanol–water partition coefficient (Wildman–Crippen LogP) is 9.48. The van der Waals surface area contributed by atoms with E-state index in [1.807, 2.05) is 0 Å². The minimum absolute atomic E-state index is 0.115. The molecule has 0 aromatic heterocycles. The van der Waals surface area contributed by atoms with Crippen molar-refractivity contribution in [3.05, 3.63) is 73.2 Å². The second-order valence-electron chi connectivity index (χ2n) is 8.13. The zero-order valence-corrected chi connectivity index (χ0v) is 22.5. The van der Waals surface area contributed by atoms with Crippen molar-refractivity contribution in [2.24, 2.45) is 5.92 Å². The maximum Gasteiger partial charge on any atom is 0.400 e. The highest BCUT2D eigenvalue weighted by Crippen LogP contribution is 2.42. The molecule has 0 saturated heterocycles. The molecule has 0 amide bonds. The lowest BCUT2D eigenvalue weighted by Crippen LogP contribution is -2.23. The lowest BCUT2D eigenvalue weighted by atomic mass is 9.95. The van der Waals surface area contributed by atoms with Gasteiger partial charge in [-0.3, -0.25) is 9.00 Å². The second-order valence-corrected chi connectivity index (χ2v) is 11.2. The molecule has 204 valence electrons. The van der Waals surface area contributed by atoms with Crippen LogP contribution in [0.1, 0.15) is 40.7 Å². The van der Waals surface area contributed by atoms with Gasteiger partial charge in [0.25, 0.3) is 0 Å². The molecule has 0 saturated carbocycles. The van der Waals surface area contributed by atoms with Crippen LogP contribution < -0.4 is 0 Å². The predicted molar refractivity (Wildman–Crippen MR) is 133 cm³/mol. The smallest absolute Gasteiger partial charge is 0.294 e. The number of ketones is 1. The SMILES string of the molecule is C[C@@H](CC(=O)c1ccc(/C(F)=C/C(c2cc(Cl)c(Cl)c(Cl)c2)C(F)(F)F)cc1Cl)CS(=O)CC(F)(F)F. The van der Waals surface area contributed by atoms with Crippen molar-refractivity contribution in [3.8, 4) is 0 Å². The summed E-state index contributed by atoms with van der Waals surface area (Å²) in [5, 5.41) is -0.953. The molecule has 0 N–H and O–H groups in total. The highest BCUT2D eigenvalue weighted by Gasteiger charge is 2.40. The Balaban J connectivity index is 2.26. The fraction of sp³-hybridized carbons (Fsp3) is 0.348. The van der Waals surface area contributed by atoms with Gasteiger partial charge in [-0.25, -0.2) is 4.39 Å².